The zero-order chi connectivity index (χ0) is 19.9. The highest BCUT2D eigenvalue weighted by atomic mass is 16.1. The summed E-state index contributed by atoms with van der Waals surface area (Å²) in [6.45, 7) is 6.67. The Bertz CT molecular complexity index is 792. The Morgan fingerprint density at radius 2 is 1.57 bits per heavy atom. The van der Waals surface area contributed by atoms with Crippen LogP contribution in [0.15, 0.2) is 48.5 Å². The summed E-state index contributed by atoms with van der Waals surface area (Å²) in [4.78, 5) is 25.8. The lowest BCUT2D eigenvalue weighted by Gasteiger charge is -2.32. The molecule has 1 heterocycles. The first-order valence-electron chi connectivity index (χ1n) is 10.0. The van der Waals surface area contributed by atoms with Crippen molar-refractivity contribution >= 4 is 28.8 Å². The lowest BCUT2D eigenvalue weighted by Crippen LogP contribution is -2.32. The number of nitrogens with zero attached hydrogens (tertiary/aromatic N) is 1. The molecular formula is C23H29N3O2. The normalized spacial score (nSPS) is 14.6. The molecule has 1 aliphatic heterocycles. The summed E-state index contributed by atoms with van der Waals surface area (Å²) < 4.78 is 0. The number of carbonyl (C=O) groups is 2. The summed E-state index contributed by atoms with van der Waals surface area (Å²) in [5.74, 6) is 0.792. The Kier molecular flexibility index (Phi) is 6.69. The third kappa shape index (κ3) is 5.59. The first-order valence-corrected chi connectivity index (χ1v) is 10.0. The smallest absolute Gasteiger partial charge is 0.226 e. The number of amides is 1. The monoisotopic (exact) mass is 379 g/mol. The van der Waals surface area contributed by atoms with Crippen molar-refractivity contribution < 1.29 is 9.59 Å². The van der Waals surface area contributed by atoms with Crippen LogP contribution in [-0.2, 0) is 4.79 Å². The van der Waals surface area contributed by atoms with Gasteiger partial charge in [-0.1, -0.05) is 6.92 Å². The fraction of sp³-hybridized carbons (Fsp3) is 0.391. The highest BCUT2D eigenvalue weighted by molar-refractivity contribution is 5.95. The number of nitrogens with one attached hydrogen (secondary N) is 2. The van der Waals surface area contributed by atoms with E-state index in [9.17, 15) is 9.59 Å². The molecule has 0 unspecified atom stereocenters. The Balaban J connectivity index is 1.41. The van der Waals surface area contributed by atoms with Crippen LogP contribution in [-0.4, -0.2) is 31.3 Å². The largest absolute Gasteiger partial charge is 0.385 e. The number of benzene rings is 2. The Labute approximate surface area is 167 Å². The Morgan fingerprint density at radius 1 is 0.964 bits per heavy atom. The van der Waals surface area contributed by atoms with E-state index in [-0.39, 0.29) is 11.7 Å². The van der Waals surface area contributed by atoms with Gasteiger partial charge in [0.1, 0.15) is 0 Å². The molecule has 0 atom stereocenters. The van der Waals surface area contributed by atoms with Gasteiger partial charge in [0.05, 0.1) is 0 Å². The molecule has 5 heteroatoms. The molecule has 5 nitrogen and oxygen atoms in total. The number of rotatable bonds is 7. The molecule has 0 spiro atoms. The molecule has 1 saturated heterocycles. The standard InChI is InChI=1S/C23H29N3O2/c1-17-12-15-26(16-13-17)22-9-7-20(8-10-22)24-14-11-23(28)25-21-5-3-19(4-6-21)18(2)27/h3-10,17,24H,11-16H2,1-2H3,(H,25,28). The van der Waals surface area contributed by atoms with Crippen LogP contribution in [0.1, 0.15) is 43.5 Å². The quantitative estimate of drug-likeness (QED) is 0.692. The fourth-order valence-electron chi connectivity index (χ4n) is 3.39. The third-order valence-electron chi connectivity index (χ3n) is 5.27. The zero-order valence-electron chi connectivity index (χ0n) is 16.7. The molecule has 148 valence electrons. The van der Waals surface area contributed by atoms with E-state index in [1.165, 1.54) is 25.5 Å². The highest BCUT2D eigenvalue weighted by Crippen LogP contribution is 2.24. The fourth-order valence-corrected chi connectivity index (χ4v) is 3.39. The maximum Gasteiger partial charge on any atom is 0.226 e. The molecule has 0 aromatic heterocycles. The van der Waals surface area contributed by atoms with E-state index in [0.29, 0.717) is 24.2 Å². The molecule has 1 aliphatic rings. The molecule has 1 amide bonds. The first kappa shape index (κ1) is 19.9. The van der Waals surface area contributed by atoms with Gasteiger partial charge in [-0.2, -0.15) is 0 Å². The van der Waals surface area contributed by atoms with Crippen LogP contribution in [0.25, 0.3) is 0 Å². The van der Waals surface area contributed by atoms with Crippen LogP contribution in [0, 0.1) is 5.92 Å². The van der Waals surface area contributed by atoms with E-state index >= 15 is 0 Å². The van der Waals surface area contributed by atoms with Gasteiger partial charge in [0.25, 0.3) is 0 Å². The summed E-state index contributed by atoms with van der Waals surface area (Å²) in [6.07, 6.45) is 2.89. The van der Waals surface area contributed by atoms with Crippen LogP contribution in [0.5, 0.6) is 0 Å². The van der Waals surface area contributed by atoms with Crippen molar-refractivity contribution in [1.82, 2.24) is 0 Å². The molecule has 1 fully saturated rings. The van der Waals surface area contributed by atoms with Gasteiger partial charge in [0.2, 0.25) is 5.91 Å². The molecule has 2 aromatic rings. The Morgan fingerprint density at radius 3 is 2.18 bits per heavy atom. The second-order valence-electron chi connectivity index (χ2n) is 7.57. The molecule has 2 N–H and O–H groups in total. The van der Waals surface area contributed by atoms with Crippen molar-refractivity contribution in [3.63, 3.8) is 0 Å². The van der Waals surface area contributed by atoms with Crippen LogP contribution in [0.4, 0.5) is 17.1 Å². The first-order chi connectivity index (χ1) is 13.5. The van der Waals surface area contributed by atoms with Crippen molar-refractivity contribution in [1.29, 1.82) is 0 Å². The lowest BCUT2D eigenvalue weighted by molar-refractivity contribution is -0.115. The van der Waals surface area contributed by atoms with Crippen molar-refractivity contribution in [2.45, 2.75) is 33.1 Å². The molecule has 28 heavy (non-hydrogen) atoms. The van der Waals surface area contributed by atoms with Crippen molar-refractivity contribution in [2.75, 3.05) is 35.2 Å². The van der Waals surface area contributed by atoms with Crippen LogP contribution >= 0.6 is 0 Å². The summed E-state index contributed by atoms with van der Waals surface area (Å²) >= 11 is 0. The number of hydrogen-bond donors (Lipinski definition) is 2. The molecule has 0 bridgehead atoms. The number of hydrogen-bond acceptors (Lipinski definition) is 4. The second kappa shape index (κ2) is 9.40. The number of carbonyl (C=O) groups excluding carboxylic acids is 2. The molecule has 0 aliphatic carbocycles. The third-order valence-corrected chi connectivity index (χ3v) is 5.27. The highest BCUT2D eigenvalue weighted by Gasteiger charge is 2.15. The Hall–Kier alpha value is -2.82. The minimum absolute atomic E-state index is 0.0166. The lowest BCUT2D eigenvalue weighted by atomic mass is 9.99. The summed E-state index contributed by atoms with van der Waals surface area (Å²) in [7, 11) is 0. The molecular weight excluding hydrogens is 350 g/mol. The summed E-state index contributed by atoms with van der Waals surface area (Å²) in [5.41, 5.74) is 3.63. The SMILES string of the molecule is CC(=O)c1ccc(NC(=O)CCNc2ccc(N3CCC(C)CC3)cc2)cc1. The predicted octanol–water partition coefficient (Wildman–Crippen LogP) is 4.57. The van der Waals surface area contributed by atoms with Gasteiger partial charge in [-0.25, -0.2) is 0 Å². The molecule has 0 radical (unpaired) electrons. The van der Waals surface area contributed by atoms with Gasteiger partial charge < -0.3 is 15.5 Å². The van der Waals surface area contributed by atoms with E-state index in [1.807, 2.05) is 0 Å². The molecule has 2 aromatic carbocycles. The van der Waals surface area contributed by atoms with Crippen LogP contribution in [0.3, 0.4) is 0 Å². The summed E-state index contributed by atoms with van der Waals surface area (Å²) in [5, 5.41) is 6.15. The van der Waals surface area contributed by atoms with Crippen molar-refractivity contribution in [3.05, 3.63) is 54.1 Å². The summed E-state index contributed by atoms with van der Waals surface area (Å²) in [6, 6.07) is 15.4. The van der Waals surface area contributed by atoms with Crippen molar-refractivity contribution in [3.8, 4) is 0 Å². The van der Waals surface area contributed by atoms with Crippen molar-refractivity contribution in [2.24, 2.45) is 5.92 Å². The van der Waals surface area contributed by atoms with Gasteiger partial charge in [0.15, 0.2) is 5.78 Å². The predicted molar refractivity (Wildman–Crippen MR) is 115 cm³/mol. The van der Waals surface area contributed by atoms with Gasteiger partial charge in [-0.15, -0.1) is 0 Å². The molecule has 3 rings (SSSR count). The topological polar surface area (TPSA) is 61.4 Å². The maximum atomic E-state index is 12.1. The van der Waals surface area contributed by atoms with Crippen LogP contribution < -0.4 is 15.5 Å². The number of anilines is 3. The molecule has 0 saturated carbocycles. The van der Waals surface area contributed by atoms with E-state index < -0.39 is 0 Å². The zero-order valence-corrected chi connectivity index (χ0v) is 16.7. The maximum absolute atomic E-state index is 12.1. The van der Waals surface area contributed by atoms with E-state index in [1.54, 1.807) is 24.3 Å². The second-order valence-corrected chi connectivity index (χ2v) is 7.57. The van der Waals surface area contributed by atoms with Gasteiger partial charge in [0, 0.05) is 48.7 Å². The van der Waals surface area contributed by atoms with Gasteiger partial charge in [-0.3, -0.25) is 9.59 Å². The number of piperidine rings is 1. The minimum Gasteiger partial charge on any atom is -0.385 e. The van der Waals surface area contributed by atoms with E-state index in [4.69, 9.17) is 0 Å². The van der Waals surface area contributed by atoms with Crippen LogP contribution in [0.2, 0.25) is 0 Å². The average molecular weight is 380 g/mol. The van der Waals surface area contributed by atoms with Gasteiger partial charge >= 0.3 is 0 Å². The number of Topliss-reactive ketones (excluding diaryl/α,β-unsaturated/α-hetero) is 1. The van der Waals surface area contributed by atoms with Gasteiger partial charge in [-0.05, 0) is 74.2 Å². The average Bonchev–Trinajstić information content (AvgIpc) is 2.69. The van der Waals surface area contributed by atoms with E-state index in [2.05, 4.69) is 46.7 Å². The minimum atomic E-state index is -0.0536. The number of ketones is 1. The van der Waals surface area contributed by atoms with E-state index in [0.717, 1.165) is 24.7 Å².